The lowest BCUT2D eigenvalue weighted by atomic mass is 10.2. The van der Waals surface area contributed by atoms with Gasteiger partial charge < -0.3 is 10.3 Å². The fourth-order valence-corrected chi connectivity index (χ4v) is 3.62. The van der Waals surface area contributed by atoms with Crippen LogP contribution in [0.1, 0.15) is 16.9 Å². The molecule has 0 radical (unpaired) electrons. The van der Waals surface area contributed by atoms with E-state index < -0.39 is 0 Å². The van der Waals surface area contributed by atoms with Crippen LogP contribution in [0.15, 0.2) is 46.8 Å². The molecule has 0 saturated heterocycles. The van der Waals surface area contributed by atoms with Gasteiger partial charge in [-0.3, -0.25) is 14.2 Å². The normalized spacial score (nSPS) is 11.3. The third kappa shape index (κ3) is 3.13. The summed E-state index contributed by atoms with van der Waals surface area (Å²) in [5.74, 6) is -0.0855. The average molecular weight is 366 g/mol. The van der Waals surface area contributed by atoms with Crippen molar-refractivity contribution in [2.24, 2.45) is 0 Å². The molecule has 0 saturated carbocycles. The van der Waals surface area contributed by atoms with Crippen molar-refractivity contribution in [2.45, 2.75) is 26.4 Å². The van der Waals surface area contributed by atoms with Gasteiger partial charge in [-0.15, -0.1) is 11.3 Å². The Labute approximate surface area is 153 Å². The Kier molecular flexibility index (Phi) is 4.30. The molecule has 0 aliphatic rings. The first-order chi connectivity index (χ1) is 12.6. The number of aromatic nitrogens is 3. The molecular formula is C19H18N4O2S. The zero-order valence-corrected chi connectivity index (χ0v) is 15.1. The second-order valence-electron chi connectivity index (χ2n) is 6.25. The lowest BCUT2D eigenvalue weighted by Gasteiger charge is -2.06. The van der Waals surface area contributed by atoms with Crippen LogP contribution >= 0.6 is 11.3 Å². The number of nitrogens with zero attached hydrogens (tertiary/aromatic N) is 2. The number of aromatic amines is 1. The summed E-state index contributed by atoms with van der Waals surface area (Å²) in [7, 11) is 0. The van der Waals surface area contributed by atoms with E-state index in [0.717, 1.165) is 21.3 Å². The maximum absolute atomic E-state index is 12.7. The van der Waals surface area contributed by atoms with Crippen LogP contribution in [-0.2, 0) is 17.9 Å². The Morgan fingerprint density at radius 2 is 2.23 bits per heavy atom. The maximum Gasteiger partial charge on any atom is 0.277 e. The number of carbonyl (C=O) groups excluding carboxylic acids is 1. The molecule has 0 atom stereocenters. The fraction of sp³-hybridized carbons (Fsp3) is 0.211. The van der Waals surface area contributed by atoms with Crippen molar-refractivity contribution in [2.75, 3.05) is 0 Å². The summed E-state index contributed by atoms with van der Waals surface area (Å²) >= 11 is 1.60. The van der Waals surface area contributed by atoms with Crippen LogP contribution < -0.4 is 10.9 Å². The highest BCUT2D eigenvalue weighted by molar-refractivity contribution is 7.09. The summed E-state index contributed by atoms with van der Waals surface area (Å²) in [6.07, 6.45) is 1.75. The number of aryl methyl sites for hydroxylation is 2. The van der Waals surface area contributed by atoms with Gasteiger partial charge in [0.15, 0.2) is 0 Å². The Hall–Kier alpha value is -2.93. The molecule has 26 heavy (non-hydrogen) atoms. The molecule has 0 fully saturated rings. The Morgan fingerprint density at radius 3 is 3.04 bits per heavy atom. The van der Waals surface area contributed by atoms with Crippen molar-refractivity contribution >= 4 is 39.2 Å². The number of hydrogen-bond donors (Lipinski definition) is 2. The zero-order valence-electron chi connectivity index (χ0n) is 14.3. The molecule has 3 heterocycles. The maximum atomic E-state index is 12.7. The second kappa shape index (κ2) is 6.76. The number of benzene rings is 1. The van der Waals surface area contributed by atoms with Crippen LogP contribution in [-0.4, -0.2) is 20.4 Å². The first-order valence-electron chi connectivity index (χ1n) is 8.38. The van der Waals surface area contributed by atoms with Crippen molar-refractivity contribution in [3.63, 3.8) is 0 Å². The predicted octanol–water partition coefficient (Wildman–Crippen LogP) is 2.95. The van der Waals surface area contributed by atoms with E-state index in [0.29, 0.717) is 24.1 Å². The molecule has 1 amide bonds. The molecule has 0 bridgehead atoms. The molecule has 4 aromatic rings. The van der Waals surface area contributed by atoms with Crippen LogP contribution in [0.4, 0.5) is 0 Å². The SMILES string of the molecule is Cc1ccc2[nH]c3c(=O)n(CCC(=O)NCc4cccs4)cnc3c2c1. The molecule has 1 aromatic carbocycles. The van der Waals surface area contributed by atoms with Gasteiger partial charge in [-0.2, -0.15) is 0 Å². The fourth-order valence-electron chi connectivity index (χ4n) is 2.97. The van der Waals surface area contributed by atoms with Gasteiger partial charge in [0.25, 0.3) is 5.56 Å². The van der Waals surface area contributed by atoms with Gasteiger partial charge in [0, 0.05) is 28.7 Å². The molecular weight excluding hydrogens is 348 g/mol. The number of hydrogen-bond acceptors (Lipinski definition) is 4. The van der Waals surface area contributed by atoms with E-state index in [4.69, 9.17) is 0 Å². The van der Waals surface area contributed by atoms with E-state index in [1.54, 1.807) is 11.3 Å². The molecule has 7 heteroatoms. The van der Waals surface area contributed by atoms with Gasteiger partial charge >= 0.3 is 0 Å². The van der Waals surface area contributed by atoms with Crippen LogP contribution in [0.5, 0.6) is 0 Å². The molecule has 4 rings (SSSR count). The summed E-state index contributed by atoms with van der Waals surface area (Å²) in [4.78, 5) is 33.4. The molecule has 2 N–H and O–H groups in total. The minimum absolute atomic E-state index is 0.0855. The third-order valence-corrected chi connectivity index (χ3v) is 5.22. The highest BCUT2D eigenvalue weighted by atomic mass is 32.1. The monoisotopic (exact) mass is 366 g/mol. The quantitative estimate of drug-likeness (QED) is 0.570. The van der Waals surface area contributed by atoms with Gasteiger partial charge in [0.2, 0.25) is 5.91 Å². The molecule has 132 valence electrons. The number of H-pyrrole nitrogens is 1. The minimum atomic E-state index is -0.157. The van der Waals surface area contributed by atoms with Crippen LogP contribution in [0.25, 0.3) is 21.9 Å². The minimum Gasteiger partial charge on any atom is -0.351 e. The summed E-state index contributed by atoms with van der Waals surface area (Å²) in [6, 6.07) is 9.89. The van der Waals surface area contributed by atoms with E-state index in [2.05, 4.69) is 15.3 Å². The average Bonchev–Trinajstić information content (AvgIpc) is 3.27. The van der Waals surface area contributed by atoms with E-state index in [-0.39, 0.29) is 17.9 Å². The molecule has 0 aliphatic heterocycles. The van der Waals surface area contributed by atoms with E-state index in [9.17, 15) is 9.59 Å². The number of rotatable bonds is 5. The zero-order chi connectivity index (χ0) is 18.1. The van der Waals surface area contributed by atoms with E-state index in [1.807, 2.05) is 42.6 Å². The topological polar surface area (TPSA) is 79.8 Å². The van der Waals surface area contributed by atoms with Gasteiger partial charge in [-0.1, -0.05) is 17.7 Å². The largest absolute Gasteiger partial charge is 0.351 e. The highest BCUT2D eigenvalue weighted by Gasteiger charge is 2.12. The van der Waals surface area contributed by atoms with Crippen molar-refractivity contribution in [3.05, 3.63) is 62.8 Å². The Balaban J connectivity index is 1.51. The third-order valence-electron chi connectivity index (χ3n) is 4.35. The number of amides is 1. The lowest BCUT2D eigenvalue weighted by Crippen LogP contribution is -2.27. The molecule has 0 aliphatic carbocycles. The van der Waals surface area contributed by atoms with Crippen LogP contribution in [0, 0.1) is 6.92 Å². The van der Waals surface area contributed by atoms with Gasteiger partial charge in [0.05, 0.1) is 12.9 Å². The van der Waals surface area contributed by atoms with Crippen molar-refractivity contribution < 1.29 is 4.79 Å². The van der Waals surface area contributed by atoms with Crippen LogP contribution in [0.3, 0.4) is 0 Å². The molecule has 3 aromatic heterocycles. The van der Waals surface area contributed by atoms with Crippen molar-refractivity contribution in [3.8, 4) is 0 Å². The highest BCUT2D eigenvalue weighted by Crippen LogP contribution is 2.22. The van der Waals surface area contributed by atoms with E-state index >= 15 is 0 Å². The Morgan fingerprint density at radius 1 is 1.35 bits per heavy atom. The van der Waals surface area contributed by atoms with Crippen molar-refractivity contribution in [1.29, 1.82) is 0 Å². The van der Waals surface area contributed by atoms with Gasteiger partial charge in [-0.05, 0) is 30.5 Å². The number of carbonyl (C=O) groups is 1. The molecule has 6 nitrogen and oxygen atoms in total. The van der Waals surface area contributed by atoms with Crippen LogP contribution in [0.2, 0.25) is 0 Å². The first kappa shape index (κ1) is 16.5. The standard InChI is InChI=1S/C19H18N4O2S/c1-12-4-5-15-14(9-12)17-18(22-15)19(25)23(11-21-17)7-6-16(24)20-10-13-3-2-8-26-13/h2-5,8-9,11,22H,6-7,10H2,1H3,(H,20,24). The molecule has 0 unspecified atom stereocenters. The first-order valence-corrected chi connectivity index (χ1v) is 9.26. The van der Waals surface area contributed by atoms with Crippen molar-refractivity contribution in [1.82, 2.24) is 19.9 Å². The summed E-state index contributed by atoms with van der Waals surface area (Å²) in [5, 5.41) is 5.79. The van der Waals surface area contributed by atoms with Gasteiger partial charge in [-0.25, -0.2) is 4.98 Å². The second-order valence-corrected chi connectivity index (χ2v) is 7.28. The van der Waals surface area contributed by atoms with E-state index in [1.165, 1.54) is 10.9 Å². The Bertz CT molecular complexity index is 1140. The summed E-state index contributed by atoms with van der Waals surface area (Å²) in [6.45, 7) is 2.82. The lowest BCUT2D eigenvalue weighted by molar-refractivity contribution is -0.121. The summed E-state index contributed by atoms with van der Waals surface area (Å²) < 4.78 is 1.48. The smallest absolute Gasteiger partial charge is 0.277 e. The predicted molar refractivity (Wildman–Crippen MR) is 103 cm³/mol. The number of thiophene rings is 1. The molecule has 0 spiro atoms. The van der Waals surface area contributed by atoms with Gasteiger partial charge in [0.1, 0.15) is 11.0 Å². The number of fused-ring (bicyclic) bond motifs is 3. The number of nitrogens with one attached hydrogen (secondary N) is 2. The summed E-state index contributed by atoms with van der Waals surface area (Å²) in [5.41, 5.74) is 3.00.